The fourth-order valence-electron chi connectivity index (χ4n) is 2.40. The Morgan fingerprint density at radius 1 is 1.37 bits per heavy atom. The van der Waals surface area contributed by atoms with Crippen LogP contribution in [0.3, 0.4) is 0 Å². The number of rotatable bonds is 4. The van der Waals surface area contributed by atoms with E-state index in [4.69, 9.17) is 5.11 Å². The fraction of sp³-hybridized carbons (Fsp3) is 0.462. The van der Waals surface area contributed by atoms with Gasteiger partial charge < -0.3 is 10.0 Å². The summed E-state index contributed by atoms with van der Waals surface area (Å²) in [5, 5.41) is 9.15. The van der Waals surface area contributed by atoms with Crippen molar-refractivity contribution in [2.45, 2.75) is 31.5 Å². The summed E-state index contributed by atoms with van der Waals surface area (Å²) >= 11 is 0. The van der Waals surface area contributed by atoms with Gasteiger partial charge in [0, 0.05) is 25.1 Å². The summed E-state index contributed by atoms with van der Waals surface area (Å²) in [5.74, 6) is -0.997. The van der Waals surface area contributed by atoms with E-state index in [-0.39, 0.29) is 13.0 Å². The van der Waals surface area contributed by atoms with E-state index in [0.29, 0.717) is 6.42 Å². The van der Waals surface area contributed by atoms with E-state index in [9.17, 15) is 18.0 Å². The highest BCUT2D eigenvalue weighted by molar-refractivity contribution is 5.82. The number of benzene rings is 1. The van der Waals surface area contributed by atoms with Gasteiger partial charge in [0.25, 0.3) is 0 Å². The molecule has 0 fully saturated rings. The highest BCUT2D eigenvalue weighted by Crippen LogP contribution is 2.33. The lowest BCUT2D eigenvalue weighted by Gasteiger charge is -2.24. The summed E-state index contributed by atoms with van der Waals surface area (Å²) in [6.45, 7) is 0.105. The lowest BCUT2D eigenvalue weighted by molar-refractivity contribution is -0.138. The van der Waals surface area contributed by atoms with Crippen LogP contribution in [0.1, 0.15) is 18.4 Å². The first-order valence-corrected chi connectivity index (χ1v) is 6.02. The zero-order chi connectivity index (χ0) is 14.0. The SMILES string of the molecule is O=C(O)C1Cc2ccccc2N1CCCC(F)(F)F. The van der Waals surface area contributed by atoms with Gasteiger partial charge in [-0.25, -0.2) is 4.79 Å². The topological polar surface area (TPSA) is 40.5 Å². The van der Waals surface area contributed by atoms with Crippen LogP contribution in [0.15, 0.2) is 24.3 Å². The molecule has 1 aromatic carbocycles. The number of para-hydroxylation sites is 1. The lowest BCUT2D eigenvalue weighted by atomic mass is 10.1. The van der Waals surface area contributed by atoms with Crippen molar-refractivity contribution in [3.63, 3.8) is 0 Å². The van der Waals surface area contributed by atoms with Crippen LogP contribution in [0.5, 0.6) is 0 Å². The summed E-state index contributed by atoms with van der Waals surface area (Å²) in [6, 6.07) is 6.38. The van der Waals surface area contributed by atoms with Gasteiger partial charge in [0.1, 0.15) is 6.04 Å². The molecule has 0 bridgehead atoms. The summed E-state index contributed by atoms with van der Waals surface area (Å²) in [7, 11) is 0. The maximum atomic E-state index is 12.1. The lowest BCUT2D eigenvalue weighted by Crippen LogP contribution is -2.39. The van der Waals surface area contributed by atoms with E-state index < -0.39 is 24.6 Å². The summed E-state index contributed by atoms with van der Waals surface area (Å²) in [4.78, 5) is 12.7. The van der Waals surface area contributed by atoms with Crippen molar-refractivity contribution in [3.8, 4) is 0 Å². The maximum Gasteiger partial charge on any atom is 0.389 e. The minimum absolute atomic E-state index is 0.0956. The van der Waals surface area contributed by atoms with Gasteiger partial charge in [-0.15, -0.1) is 0 Å². The molecule has 0 amide bonds. The van der Waals surface area contributed by atoms with Crippen LogP contribution in [0.2, 0.25) is 0 Å². The molecule has 6 heteroatoms. The molecule has 0 saturated heterocycles. The molecule has 1 unspecified atom stereocenters. The first-order valence-electron chi connectivity index (χ1n) is 6.02. The molecule has 1 aliphatic rings. The zero-order valence-electron chi connectivity index (χ0n) is 10.2. The second-order valence-corrected chi connectivity index (χ2v) is 4.60. The predicted molar refractivity (Wildman–Crippen MR) is 64.2 cm³/mol. The van der Waals surface area contributed by atoms with E-state index in [1.54, 1.807) is 23.1 Å². The Balaban J connectivity index is 2.09. The third kappa shape index (κ3) is 3.19. The van der Waals surface area contributed by atoms with Gasteiger partial charge in [0.2, 0.25) is 0 Å². The second-order valence-electron chi connectivity index (χ2n) is 4.60. The number of fused-ring (bicyclic) bond motifs is 1. The Kier molecular flexibility index (Phi) is 3.68. The molecule has 3 nitrogen and oxygen atoms in total. The molecule has 1 N–H and O–H groups in total. The Bertz CT molecular complexity index is 473. The quantitative estimate of drug-likeness (QED) is 0.917. The summed E-state index contributed by atoms with van der Waals surface area (Å²) in [5.41, 5.74) is 1.61. The van der Waals surface area contributed by atoms with Crippen LogP contribution in [0, 0.1) is 0 Å². The first kappa shape index (κ1) is 13.7. The first-order chi connectivity index (χ1) is 8.88. The number of hydrogen-bond acceptors (Lipinski definition) is 2. The predicted octanol–water partition coefficient (Wildman–Crippen LogP) is 2.84. The van der Waals surface area contributed by atoms with Crippen LogP contribution in [-0.2, 0) is 11.2 Å². The average molecular weight is 273 g/mol. The van der Waals surface area contributed by atoms with Crippen molar-refractivity contribution in [2.24, 2.45) is 0 Å². The standard InChI is InChI=1S/C13H14F3NO2/c14-13(15,16)6-3-7-17-10-5-2-1-4-9(10)8-11(17)12(18)19/h1-2,4-5,11H,3,6-8H2,(H,18,19). The zero-order valence-corrected chi connectivity index (χ0v) is 10.2. The van der Waals surface area contributed by atoms with Crippen molar-refractivity contribution in [1.29, 1.82) is 0 Å². The Hall–Kier alpha value is -1.72. The molecule has 1 aromatic rings. The Morgan fingerprint density at radius 3 is 2.68 bits per heavy atom. The van der Waals surface area contributed by atoms with Crippen LogP contribution >= 0.6 is 0 Å². The van der Waals surface area contributed by atoms with Gasteiger partial charge >= 0.3 is 12.1 Å². The molecule has 0 spiro atoms. The number of carboxylic acids is 1. The smallest absolute Gasteiger partial charge is 0.389 e. The fourth-order valence-corrected chi connectivity index (χ4v) is 2.40. The minimum Gasteiger partial charge on any atom is -0.480 e. The molecular formula is C13H14F3NO2. The normalized spacial score (nSPS) is 18.5. The van der Waals surface area contributed by atoms with Crippen molar-refractivity contribution in [1.82, 2.24) is 0 Å². The number of alkyl halides is 3. The highest BCUT2D eigenvalue weighted by atomic mass is 19.4. The van der Waals surface area contributed by atoms with Gasteiger partial charge in [-0.05, 0) is 18.1 Å². The number of aliphatic carboxylic acids is 1. The summed E-state index contributed by atoms with van der Waals surface area (Å²) in [6.07, 6.45) is -4.84. The van der Waals surface area contributed by atoms with Crippen LogP contribution < -0.4 is 4.90 Å². The van der Waals surface area contributed by atoms with Crippen LogP contribution in [-0.4, -0.2) is 29.8 Å². The van der Waals surface area contributed by atoms with Crippen molar-refractivity contribution in [2.75, 3.05) is 11.4 Å². The number of carboxylic acid groups (broad SMARTS) is 1. The van der Waals surface area contributed by atoms with Crippen molar-refractivity contribution >= 4 is 11.7 Å². The molecule has 0 aromatic heterocycles. The van der Waals surface area contributed by atoms with E-state index in [0.717, 1.165) is 11.3 Å². The van der Waals surface area contributed by atoms with Gasteiger partial charge in [0.15, 0.2) is 0 Å². The van der Waals surface area contributed by atoms with E-state index in [1.165, 1.54) is 0 Å². The third-order valence-electron chi connectivity index (χ3n) is 3.23. The number of halogens is 3. The van der Waals surface area contributed by atoms with E-state index in [1.807, 2.05) is 6.07 Å². The Labute approximate surface area is 108 Å². The van der Waals surface area contributed by atoms with Crippen molar-refractivity contribution in [3.05, 3.63) is 29.8 Å². The van der Waals surface area contributed by atoms with Crippen LogP contribution in [0.25, 0.3) is 0 Å². The number of nitrogens with zero attached hydrogens (tertiary/aromatic N) is 1. The molecule has 104 valence electrons. The molecule has 19 heavy (non-hydrogen) atoms. The largest absolute Gasteiger partial charge is 0.480 e. The molecule has 1 aliphatic heterocycles. The molecule has 1 atom stereocenters. The highest BCUT2D eigenvalue weighted by Gasteiger charge is 2.34. The molecule has 1 heterocycles. The Morgan fingerprint density at radius 2 is 2.05 bits per heavy atom. The van der Waals surface area contributed by atoms with E-state index >= 15 is 0 Å². The van der Waals surface area contributed by atoms with Gasteiger partial charge in [-0.1, -0.05) is 18.2 Å². The van der Waals surface area contributed by atoms with Crippen molar-refractivity contribution < 1.29 is 23.1 Å². The number of carbonyl (C=O) groups is 1. The third-order valence-corrected chi connectivity index (χ3v) is 3.23. The molecule has 0 radical (unpaired) electrons. The molecular weight excluding hydrogens is 259 g/mol. The van der Waals surface area contributed by atoms with Gasteiger partial charge in [0.05, 0.1) is 0 Å². The molecule has 0 saturated carbocycles. The molecule has 0 aliphatic carbocycles. The van der Waals surface area contributed by atoms with Gasteiger partial charge in [-0.2, -0.15) is 13.2 Å². The van der Waals surface area contributed by atoms with E-state index in [2.05, 4.69) is 0 Å². The monoisotopic (exact) mass is 273 g/mol. The maximum absolute atomic E-state index is 12.1. The average Bonchev–Trinajstić information content (AvgIpc) is 2.67. The number of hydrogen-bond donors (Lipinski definition) is 1. The number of anilines is 1. The molecule has 2 rings (SSSR count). The van der Waals surface area contributed by atoms with Crippen LogP contribution in [0.4, 0.5) is 18.9 Å². The summed E-state index contributed by atoms with van der Waals surface area (Å²) < 4.78 is 36.4. The minimum atomic E-state index is -4.20. The second kappa shape index (κ2) is 5.11. The van der Waals surface area contributed by atoms with Gasteiger partial charge in [-0.3, -0.25) is 0 Å².